The minimum absolute atomic E-state index is 0.0852. The number of aromatic nitrogens is 2. The largest absolute Gasteiger partial charge is 0.450 e. The molecule has 0 atom stereocenters. The molecule has 0 saturated carbocycles. The van der Waals surface area contributed by atoms with Crippen molar-refractivity contribution in [3.05, 3.63) is 47.8 Å². The van der Waals surface area contributed by atoms with Crippen LogP contribution in [0.1, 0.15) is 17.4 Å². The molecule has 0 unspecified atom stereocenters. The van der Waals surface area contributed by atoms with Crippen LogP contribution >= 0.6 is 0 Å². The van der Waals surface area contributed by atoms with Gasteiger partial charge in [-0.25, -0.2) is 23.5 Å². The Morgan fingerprint density at radius 1 is 1.11 bits per heavy atom. The molecule has 2 amide bonds. The van der Waals surface area contributed by atoms with Crippen LogP contribution in [-0.2, 0) is 4.74 Å². The van der Waals surface area contributed by atoms with Gasteiger partial charge in [-0.2, -0.15) is 0 Å². The van der Waals surface area contributed by atoms with Gasteiger partial charge in [-0.05, 0) is 25.1 Å². The molecule has 0 aliphatic carbocycles. The van der Waals surface area contributed by atoms with Crippen LogP contribution in [0, 0.1) is 11.6 Å². The average molecular weight is 391 g/mol. The molecular formula is C18H19F2N5O3. The number of hydrogen-bond donors (Lipinski definition) is 1. The maximum Gasteiger partial charge on any atom is 0.409 e. The van der Waals surface area contributed by atoms with Crippen molar-refractivity contribution in [2.45, 2.75) is 6.92 Å². The van der Waals surface area contributed by atoms with E-state index in [0.29, 0.717) is 32.8 Å². The molecule has 148 valence electrons. The van der Waals surface area contributed by atoms with Crippen molar-refractivity contribution in [3.63, 3.8) is 0 Å². The lowest BCUT2D eigenvalue weighted by molar-refractivity contribution is 0.0566. The molecule has 1 saturated heterocycles. The van der Waals surface area contributed by atoms with E-state index in [0.717, 1.165) is 12.1 Å². The quantitative estimate of drug-likeness (QED) is 0.861. The van der Waals surface area contributed by atoms with Crippen LogP contribution in [-0.4, -0.2) is 64.6 Å². The number of benzene rings is 1. The van der Waals surface area contributed by atoms with Crippen molar-refractivity contribution >= 4 is 23.6 Å². The van der Waals surface area contributed by atoms with Gasteiger partial charge in [0.05, 0.1) is 6.61 Å². The predicted octanol–water partition coefficient (Wildman–Crippen LogP) is 2.41. The van der Waals surface area contributed by atoms with Crippen molar-refractivity contribution in [1.29, 1.82) is 0 Å². The van der Waals surface area contributed by atoms with Crippen molar-refractivity contribution < 1.29 is 23.1 Å². The number of ether oxygens (including phenoxy) is 1. The van der Waals surface area contributed by atoms with Crippen LogP contribution in [0.3, 0.4) is 0 Å². The average Bonchev–Trinajstić information content (AvgIpc) is 2.71. The van der Waals surface area contributed by atoms with Gasteiger partial charge in [0, 0.05) is 44.1 Å². The zero-order chi connectivity index (χ0) is 20.1. The molecule has 1 aliphatic heterocycles. The summed E-state index contributed by atoms with van der Waals surface area (Å²) in [6.07, 6.45) is 1.01. The van der Waals surface area contributed by atoms with Gasteiger partial charge in [-0.3, -0.25) is 4.79 Å². The number of piperazine rings is 1. The molecule has 1 aromatic carbocycles. The molecule has 10 heteroatoms. The maximum absolute atomic E-state index is 13.3. The lowest BCUT2D eigenvalue weighted by Crippen LogP contribution is -2.50. The Hall–Kier alpha value is -3.30. The topological polar surface area (TPSA) is 87.7 Å². The van der Waals surface area contributed by atoms with Gasteiger partial charge >= 0.3 is 6.09 Å². The van der Waals surface area contributed by atoms with E-state index in [1.807, 2.05) is 0 Å². The molecule has 1 fully saturated rings. The minimum Gasteiger partial charge on any atom is -0.450 e. The highest BCUT2D eigenvalue weighted by molar-refractivity contribution is 5.92. The van der Waals surface area contributed by atoms with Gasteiger partial charge in [-0.15, -0.1) is 0 Å². The lowest BCUT2D eigenvalue weighted by atomic mass is 10.2. The predicted molar refractivity (Wildman–Crippen MR) is 96.2 cm³/mol. The van der Waals surface area contributed by atoms with Crippen LogP contribution in [0.5, 0.6) is 0 Å². The second kappa shape index (κ2) is 8.59. The number of hydrogen-bond acceptors (Lipinski definition) is 6. The van der Waals surface area contributed by atoms with Crippen LogP contribution in [0.15, 0.2) is 30.5 Å². The third-order valence-corrected chi connectivity index (χ3v) is 4.14. The minimum atomic E-state index is -1.00. The number of nitrogens with one attached hydrogen (secondary N) is 1. The SMILES string of the molecule is CCOC(=O)N1CCN(C(=O)c2ccnc(Nc3ccc(F)c(F)c3)n2)CC1. The van der Waals surface area contributed by atoms with E-state index in [4.69, 9.17) is 4.74 Å². The molecule has 3 rings (SSSR count). The number of halogens is 2. The number of amides is 2. The zero-order valence-electron chi connectivity index (χ0n) is 15.2. The van der Waals surface area contributed by atoms with Gasteiger partial charge in [0.25, 0.3) is 5.91 Å². The van der Waals surface area contributed by atoms with E-state index < -0.39 is 17.7 Å². The summed E-state index contributed by atoms with van der Waals surface area (Å²) in [6, 6.07) is 4.76. The van der Waals surface area contributed by atoms with E-state index in [1.54, 1.807) is 16.7 Å². The van der Waals surface area contributed by atoms with E-state index in [9.17, 15) is 18.4 Å². The normalized spacial score (nSPS) is 14.0. The van der Waals surface area contributed by atoms with Crippen LogP contribution in [0.4, 0.5) is 25.2 Å². The van der Waals surface area contributed by atoms with Gasteiger partial charge in [-0.1, -0.05) is 0 Å². The summed E-state index contributed by atoms with van der Waals surface area (Å²) in [5.74, 6) is -2.18. The molecule has 2 heterocycles. The number of carbonyl (C=O) groups is 2. The molecule has 1 N–H and O–H groups in total. The van der Waals surface area contributed by atoms with Gasteiger partial charge in [0.1, 0.15) is 5.69 Å². The van der Waals surface area contributed by atoms with Crippen molar-refractivity contribution in [1.82, 2.24) is 19.8 Å². The molecule has 8 nitrogen and oxygen atoms in total. The summed E-state index contributed by atoms with van der Waals surface area (Å²) in [6.45, 7) is 3.48. The van der Waals surface area contributed by atoms with Crippen LogP contribution in [0.2, 0.25) is 0 Å². The second-order valence-corrected chi connectivity index (χ2v) is 6.00. The van der Waals surface area contributed by atoms with E-state index >= 15 is 0 Å². The van der Waals surface area contributed by atoms with Crippen molar-refractivity contribution in [2.24, 2.45) is 0 Å². The number of nitrogens with zero attached hydrogens (tertiary/aromatic N) is 4. The summed E-state index contributed by atoms with van der Waals surface area (Å²) < 4.78 is 31.3. The fourth-order valence-electron chi connectivity index (χ4n) is 2.71. The first kappa shape index (κ1) is 19.5. The Labute approximate surface area is 160 Å². The Kier molecular flexibility index (Phi) is 5.97. The van der Waals surface area contributed by atoms with Crippen LogP contribution in [0.25, 0.3) is 0 Å². The Bertz CT molecular complexity index is 872. The molecule has 0 radical (unpaired) electrons. The zero-order valence-corrected chi connectivity index (χ0v) is 15.2. The number of rotatable bonds is 4. The smallest absolute Gasteiger partial charge is 0.409 e. The summed E-state index contributed by atoms with van der Waals surface area (Å²) in [4.78, 5) is 35.7. The Balaban J connectivity index is 1.64. The fraction of sp³-hybridized carbons (Fsp3) is 0.333. The summed E-state index contributed by atoms with van der Waals surface area (Å²) >= 11 is 0. The van der Waals surface area contributed by atoms with E-state index in [2.05, 4.69) is 15.3 Å². The summed E-state index contributed by atoms with van der Waals surface area (Å²) in [7, 11) is 0. The van der Waals surface area contributed by atoms with Crippen molar-refractivity contribution in [3.8, 4) is 0 Å². The first-order valence-corrected chi connectivity index (χ1v) is 8.74. The molecular weight excluding hydrogens is 372 g/mol. The number of carbonyl (C=O) groups excluding carboxylic acids is 2. The molecule has 0 spiro atoms. The molecule has 28 heavy (non-hydrogen) atoms. The molecule has 1 aliphatic rings. The molecule has 0 bridgehead atoms. The summed E-state index contributed by atoms with van der Waals surface area (Å²) in [5.41, 5.74) is 0.413. The Morgan fingerprint density at radius 2 is 1.82 bits per heavy atom. The van der Waals surface area contributed by atoms with Gasteiger partial charge in [0.2, 0.25) is 5.95 Å². The molecule has 1 aromatic heterocycles. The van der Waals surface area contributed by atoms with Gasteiger partial charge in [0.15, 0.2) is 11.6 Å². The Morgan fingerprint density at radius 3 is 2.50 bits per heavy atom. The molecule has 2 aromatic rings. The van der Waals surface area contributed by atoms with Crippen LogP contribution < -0.4 is 5.32 Å². The number of anilines is 2. The third-order valence-electron chi connectivity index (χ3n) is 4.14. The standard InChI is InChI=1S/C18H19F2N5O3/c1-2-28-18(27)25-9-7-24(8-10-25)16(26)15-5-6-21-17(23-15)22-12-3-4-13(19)14(20)11-12/h3-6,11H,2,7-10H2,1H3,(H,21,22,23). The monoisotopic (exact) mass is 391 g/mol. The highest BCUT2D eigenvalue weighted by atomic mass is 19.2. The highest BCUT2D eigenvalue weighted by Crippen LogP contribution is 2.17. The first-order chi connectivity index (χ1) is 13.5. The summed E-state index contributed by atoms with van der Waals surface area (Å²) in [5, 5.41) is 2.74. The fourth-order valence-corrected chi connectivity index (χ4v) is 2.71. The third kappa shape index (κ3) is 4.51. The maximum atomic E-state index is 13.3. The highest BCUT2D eigenvalue weighted by Gasteiger charge is 2.26. The second-order valence-electron chi connectivity index (χ2n) is 6.00. The van der Waals surface area contributed by atoms with Crippen molar-refractivity contribution in [2.75, 3.05) is 38.1 Å². The first-order valence-electron chi connectivity index (χ1n) is 8.74. The van der Waals surface area contributed by atoms with E-state index in [1.165, 1.54) is 18.3 Å². The lowest BCUT2D eigenvalue weighted by Gasteiger charge is -2.33. The van der Waals surface area contributed by atoms with E-state index in [-0.39, 0.29) is 23.2 Å². The van der Waals surface area contributed by atoms with Gasteiger partial charge < -0.3 is 19.9 Å².